The molecule has 0 spiro atoms. The van der Waals surface area contributed by atoms with E-state index in [1.807, 2.05) is 6.92 Å². The summed E-state index contributed by atoms with van der Waals surface area (Å²) in [6, 6.07) is 4.54. The average molecular weight is 347 g/mol. The summed E-state index contributed by atoms with van der Waals surface area (Å²) in [6.07, 6.45) is 0.796. The summed E-state index contributed by atoms with van der Waals surface area (Å²) in [6.45, 7) is 2.39. The van der Waals surface area contributed by atoms with E-state index in [1.54, 1.807) is 18.2 Å². The van der Waals surface area contributed by atoms with Crippen molar-refractivity contribution in [1.82, 2.24) is 10.0 Å². The van der Waals surface area contributed by atoms with Gasteiger partial charge in [-0.25, -0.2) is 13.1 Å². The van der Waals surface area contributed by atoms with Crippen LogP contribution in [0.1, 0.15) is 18.4 Å². The summed E-state index contributed by atoms with van der Waals surface area (Å²) in [4.78, 5) is 11.4. The van der Waals surface area contributed by atoms with Gasteiger partial charge in [0.05, 0.1) is 4.90 Å². The van der Waals surface area contributed by atoms with Gasteiger partial charge in [0.1, 0.15) is 0 Å². The number of hydrogen-bond acceptors (Lipinski definition) is 3. The van der Waals surface area contributed by atoms with E-state index >= 15 is 0 Å². The fraction of sp³-hybridized carbons (Fsp3) is 0.417. The van der Waals surface area contributed by atoms with Crippen molar-refractivity contribution >= 4 is 31.9 Å². The molecule has 1 aromatic carbocycles. The second kappa shape index (κ2) is 5.60. The van der Waals surface area contributed by atoms with Crippen LogP contribution in [0.4, 0.5) is 0 Å². The Labute approximate surface area is 121 Å². The zero-order valence-electron chi connectivity index (χ0n) is 10.4. The number of halogens is 1. The third-order valence-corrected chi connectivity index (χ3v) is 5.39. The van der Waals surface area contributed by atoms with Crippen molar-refractivity contribution < 1.29 is 13.2 Å². The lowest BCUT2D eigenvalue weighted by atomic mass is 10.1. The van der Waals surface area contributed by atoms with Crippen molar-refractivity contribution in [3.05, 3.63) is 28.2 Å². The van der Waals surface area contributed by atoms with Crippen molar-refractivity contribution in [2.24, 2.45) is 0 Å². The highest BCUT2D eigenvalue weighted by Gasteiger charge is 2.25. The van der Waals surface area contributed by atoms with Crippen molar-refractivity contribution in [3.63, 3.8) is 0 Å². The molecule has 1 fully saturated rings. The maximum Gasteiger partial charge on any atom is 0.240 e. The molecule has 1 aliphatic rings. The van der Waals surface area contributed by atoms with E-state index in [1.165, 1.54) is 0 Å². The Morgan fingerprint density at radius 2 is 2.16 bits per heavy atom. The summed E-state index contributed by atoms with van der Waals surface area (Å²) in [5, 5.41) is 2.67. The highest BCUT2D eigenvalue weighted by molar-refractivity contribution is 9.10. The molecular formula is C12H15BrN2O3S. The van der Waals surface area contributed by atoms with Crippen LogP contribution in [0.3, 0.4) is 0 Å². The van der Waals surface area contributed by atoms with Gasteiger partial charge in [-0.15, -0.1) is 0 Å². The molecule has 0 aliphatic carbocycles. The van der Waals surface area contributed by atoms with Crippen LogP contribution in [0.15, 0.2) is 27.6 Å². The largest absolute Gasteiger partial charge is 0.356 e. The maximum atomic E-state index is 12.2. The number of rotatable bonds is 3. The number of nitrogens with one attached hydrogen (secondary N) is 2. The van der Waals surface area contributed by atoms with Crippen LogP contribution in [0.5, 0.6) is 0 Å². The maximum absolute atomic E-state index is 12.2. The molecule has 19 heavy (non-hydrogen) atoms. The van der Waals surface area contributed by atoms with Gasteiger partial charge >= 0.3 is 0 Å². The van der Waals surface area contributed by atoms with Gasteiger partial charge in [-0.1, -0.05) is 22.0 Å². The van der Waals surface area contributed by atoms with Crippen LogP contribution >= 0.6 is 15.9 Å². The lowest BCUT2D eigenvalue weighted by molar-refractivity contribution is -0.122. The summed E-state index contributed by atoms with van der Waals surface area (Å²) >= 11 is 3.32. The third kappa shape index (κ3) is 3.55. The molecule has 1 aromatic rings. The quantitative estimate of drug-likeness (QED) is 0.866. The molecular weight excluding hydrogens is 332 g/mol. The Balaban J connectivity index is 2.17. The lowest BCUT2D eigenvalue weighted by Crippen LogP contribution is -2.45. The zero-order chi connectivity index (χ0) is 14.0. The van der Waals surface area contributed by atoms with E-state index in [0.717, 1.165) is 10.0 Å². The van der Waals surface area contributed by atoms with Gasteiger partial charge in [0.2, 0.25) is 15.9 Å². The molecule has 7 heteroatoms. The smallest absolute Gasteiger partial charge is 0.240 e. The molecule has 1 amide bonds. The molecule has 0 saturated carbocycles. The molecule has 2 N–H and O–H groups in total. The molecule has 0 aromatic heterocycles. The SMILES string of the molecule is Cc1ccc(S(=O)(=O)NC2CCNC(=O)C2)cc1Br. The second-order valence-corrected chi connectivity index (χ2v) is 7.14. The molecule has 104 valence electrons. The molecule has 1 atom stereocenters. The van der Waals surface area contributed by atoms with Crippen molar-refractivity contribution in [2.75, 3.05) is 6.54 Å². The first-order chi connectivity index (χ1) is 8.88. The third-order valence-electron chi connectivity index (χ3n) is 3.02. The minimum Gasteiger partial charge on any atom is -0.356 e. The number of benzene rings is 1. The van der Waals surface area contributed by atoms with Gasteiger partial charge in [0.25, 0.3) is 0 Å². The van der Waals surface area contributed by atoms with Crippen LogP contribution in [0.2, 0.25) is 0 Å². The number of aryl methyl sites for hydroxylation is 1. The summed E-state index contributed by atoms with van der Waals surface area (Å²) < 4.78 is 27.7. The fourth-order valence-electron chi connectivity index (χ4n) is 1.91. The number of carbonyl (C=O) groups excluding carboxylic acids is 1. The first kappa shape index (κ1) is 14.5. The first-order valence-corrected chi connectivity index (χ1v) is 8.21. The summed E-state index contributed by atoms with van der Waals surface area (Å²) in [7, 11) is -3.58. The monoisotopic (exact) mass is 346 g/mol. The van der Waals surface area contributed by atoms with Crippen molar-refractivity contribution in [2.45, 2.75) is 30.7 Å². The van der Waals surface area contributed by atoms with Crippen molar-refractivity contribution in [1.29, 1.82) is 0 Å². The Kier molecular flexibility index (Phi) is 4.27. The Morgan fingerprint density at radius 1 is 1.42 bits per heavy atom. The molecule has 2 rings (SSSR count). The number of piperidine rings is 1. The van der Waals surface area contributed by atoms with Crippen LogP contribution in [-0.4, -0.2) is 26.9 Å². The Morgan fingerprint density at radius 3 is 2.79 bits per heavy atom. The molecule has 0 bridgehead atoms. The standard InChI is InChI=1S/C12H15BrN2O3S/c1-8-2-3-10(7-11(8)13)19(17,18)15-9-4-5-14-12(16)6-9/h2-3,7,9,15H,4-6H2,1H3,(H,14,16). The summed E-state index contributed by atoms with van der Waals surface area (Å²) in [5.74, 6) is -0.121. The average Bonchev–Trinajstić information content (AvgIpc) is 2.32. The van der Waals surface area contributed by atoms with E-state index in [2.05, 4.69) is 26.0 Å². The summed E-state index contributed by atoms with van der Waals surface area (Å²) in [5.41, 5.74) is 0.969. The normalized spacial score (nSPS) is 20.1. The van der Waals surface area contributed by atoms with Crippen LogP contribution in [0.25, 0.3) is 0 Å². The topological polar surface area (TPSA) is 75.3 Å². The number of carbonyl (C=O) groups is 1. The molecule has 1 heterocycles. The van der Waals surface area contributed by atoms with E-state index < -0.39 is 10.0 Å². The van der Waals surface area contributed by atoms with E-state index in [4.69, 9.17) is 0 Å². The fourth-order valence-corrected chi connectivity index (χ4v) is 3.74. The van der Waals surface area contributed by atoms with E-state index in [0.29, 0.717) is 13.0 Å². The number of amides is 1. The molecule has 1 saturated heterocycles. The van der Waals surface area contributed by atoms with E-state index in [9.17, 15) is 13.2 Å². The van der Waals surface area contributed by atoms with Gasteiger partial charge in [0.15, 0.2) is 0 Å². The van der Waals surface area contributed by atoms with Gasteiger partial charge in [0, 0.05) is 23.5 Å². The van der Waals surface area contributed by atoms with Crippen LogP contribution < -0.4 is 10.0 Å². The van der Waals surface area contributed by atoms with Gasteiger partial charge in [-0.2, -0.15) is 0 Å². The zero-order valence-corrected chi connectivity index (χ0v) is 12.8. The number of sulfonamides is 1. The predicted molar refractivity (Wildman–Crippen MR) is 75.2 cm³/mol. The molecule has 1 unspecified atom stereocenters. The van der Waals surface area contributed by atoms with E-state index in [-0.39, 0.29) is 23.3 Å². The first-order valence-electron chi connectivity index (χ1n) is 5.94. The van der Waals surface area contributed by atoms with Gasteiger partial charge in [-0.3, -0.25) is 4.79 Å². The molecule has 0 radical (unpaired) electrons. The lowest BCUT2D eigenvalue weighted by Gasteiger charge is -2.23. The molecule has 1 aliphatic heterocycles. The highest BCUT2D eigenvalue weighted by atomic mass is 79.9. The van der Waals surface area contributed by atoms with Crippen molar-refractivity contribution in [3.8, 4) is 0 Å². The Bertz CT molecular complexity index is 601. The highest BCUT2D eigenvalue weighted by Crippen LogP contribution is 2.21. The van der Waals surface area contributed by atoms with Crippen LogP contribution in [-0.2, 0) is 14.8 Å². The minimum absolute atomic E-state index is 0.121. The number of hydrogen-bond donors (Lipinski definition) is 2. The minimum atomic E-state index is -3.58. The predicted octanol–water partition coefficient (Wildman–Crippen LogP) is 1.31. The van der Waals surface area contributed by atoms with Crippen LogP contribution in [0, 0.1) is 6.92 Å². The molecule has 5 nitrogen and oxygen atoms in total. The second-order valence-electron chi connectivity index (χ2n) is 4.57. The van der Waals surface area contributed by atoms with Gasteiger partial charge < -0.3 is 5.32 Å². The Hall–Kier alpha value is -0.920. The van der Waals surface area contributed by atoms with Gasteiger partial charge in [-0.05, 0) is 31.0 Å².